The van der Waals surface area contributed by atoms with Gasteiger partial charge in [0.1, 0.15) is 0 Å². The standard InChI is InChI=1S/C13H20N6/c1-5-9-12(14)10(6-2)19(17-9)11-7-8-15-13(16-11)18(3)4/h7-8H,5-6,14H2,1-4H3. The molecule has 2 rings (SSSR count). The minimum absolute atomic E-state index is 0.659. The van der Waals surface area contributed by atoms with Crippen LogP contribution in [-0.4, -0.2) is 33.8 Å². The smallest absolute Gasteiger partial charge is 0.226 e. The number of aromatic nitrogens is 4. The van der Waals surface area contributed by atoms with Crippen LogP contribution in [0.5, 0.6) is 0 Å². The average Bonchev–Trinajstić information content (AvgIpc) is 2.75. The first-order valence-electron chi connectivity index (χ1n) is 6.45. The van der Waals surface area contributed by atoms with Gasteiger partial charge in [0.2, 0.25) is 5.95 Å². The lowest BCUT2D eigenvalue weighted by atomic mass is 10.2. The van der Waals surface area contributed by atoms with Crippen LogP contribution in [0.3, 0.4) is 0 Å². The minimum atomic E-state index is 0.659. The van der Waals surface area contributed by atoms with Crippen molar-refractivity contribution < 1.29 is 0 Å². The van der Waals surface area contributed by atoms with Gasteiger partial charge in [0, 0.05) is 26.4 Å². The highest BCUT2D eigenvalue weighted by Crippen LogP contribution is 2.21. The quantitative estimate of drug-likeness (QED) is 0.900. The molecule has 2 heterocycles. The molecule has 0 spiro atoms. The zero-order valence-corrected chi connectivity index (χ0v) is 11.9. The molecular weight excluding hydrogens is 240 g/mol. The van der Waals surface area contributed by atoms with Crippen molar-refractivity contribution in [1.29, 1.82) is 0 Å². The summed E-state index contributed by atoms with van der Waals surface area (Å²) in [6.45, 7) is 4.12. The summed E-state index contributed by atoms with van der Waals surface area (Å²) < 4.78 is 1.82. The van der Waals surface area contributed by atoms with Gasteiger partial charge in [0.25, 0.3) is 0 Å². The molecule has 2 N–H and O–H groups in total. The van der Waals surface area contributed by atoms with E-state index in [-0.39, 0.29) is 0 Å². The van der Waals surface area contributed by atoms with E-state index in [9.17, 15) is 0 Å². The number of anilines is 2. The molecule has 2 aromatic heterocycles. The van der Waals surface area contributed by atoms with Gasteiger partial charge in [0.15, 0.2) is 5.82 Å². The molecule has 0 unspecified atom stereocenters. The maximum Gasteiger partial charge on any atom is 0.226 e. The molecule has 0 aromatic carbocycles. The van der Waals surface area contributed by atoms with E-state index >= 15 is 0 Å². The number of nitrogens with two attached hydrogens (primary N) is 1. The summed E-state index contributed by atoms with van der Waals surface area (Å²) in [5.74, 6) is 1.41. The Morgan fingerprint density at radius 1 is 1.26 bits per heavy atom. The zero-order valence-electron chi connectivity index (χ0n) is 11.9. The SMILES string of the molecule is CCc1nn(-c2ccnc(N(C)C)n2)c(CC)c1N. The lowest BCUT2D eigenvalue weighted by Crippen LogP contribution is -2.14. The van der Waals surface area contributed by atoms with Crippen LogP contribution in [0.25, 0.3) is 5.82 Å². The van der Waals surface area contributed by atoms with Crippen molar-refractivity contribution in [2.45, 2.75) is 26.7 Å². The number of nitrogen functional groups attached to an aromatic ring is 1. The fourth-order valence-electron chi connectivity index (χ4n) is 1.98. The Hall–Kier alpha value is -2.11. The zero-order chi connectivity index (χ0) is 14.0. The van der Waals surface area contributed by atoms with Gasteiger partial charge in [-0.25, -0.2) is 9.67 Å². The van der Waals surface area contributed by atoms with Crippen LogP contribution < -0.4 is 10.6 Å². The third kappa shape index (κ3) is 2.38. The molecule has 0 bridgehead atoms. The first-order valence-corrected chi connectivity index (χ1v) is 6.45. The molecule has 0 fully saturated rings. The Balaban J connectivity index is 2.55. The van der Waals surface area contributed by atoms with Gasteiger partial charge in [-0.1, -0.05) is 13.8 Å². The minimum Gasteiger partial charge on any atom is -0.396 e. The van der Waals surface area contributed by atoms with Gasteiger partial charge in [-0.3, -0.25) is 0 Å². The van der Waals surface area contributed by atoms with Gasteiger partial charge >= 0.3 is 0 Å². The van der Waals surface area contributed by atoms with Gasteiger partial charge < -0.3 is 10.6 Å². The first kappa shape index (κ1) is 13.3. The molecule has 19 heavy (non-hydrogen) atoms. The number of aryl methyl sites for hydroxylation is 1. The largest absolute Gasteiger partial charge is 0.396 e. The number of hydrogen-bond donors (Lipinski definition) is 1. The summed E-state index contributed by atoms with van der Waals surface area (Å²) in [4.78, 5) is 10.6. The second kappa shape index (κ2) is 5.26. The van der Waals surface area contributed by atoms with Gasteiger partial charge in [-0.2, -0.15) is 10.1 Å². The van der Waals surface area contributed by atoms with Crippen molar-refractivity contribution in [1.82, 2.24) is 19.7 Å². The van der Waals surface area contributed by atoms with E-state index in [2.05, 4.69) is 22.0 Å². The fourth-order valence-corrected chi connectivity index (χ4v) is 1.98. The lowest BCUT2D eigenvalue weighted by Gasteiger charge is -2.11. The highest BCUT2D eigenvalue weighted by molar-refractivity contribution is 5.51. The summed E-state index contributed by atoms with van der Waals surface area (Å²) in [6.07, 6.45) is 3.37. The van der Waals surface area contributed by atoms with Crippen LogP contribution in [0.15, 0.2) is 12.3 Å². The van der Waals surface area contributed by atoms with E-state index in [1.54, 1.807) is 6.20 Å². The van der Waals surface area contributed by atoms with Gasteiger partial charge in [-0.05, 0) is 12.8 Å². The first-order chi connectivity index (χ1) is 9.08. The Morgan fingerprint density at radius 3 is 2.58 bits per heavy atom. The molecule has 0 amide bonds. The van der Waals surface area contributed by atoms with E-state index in [1.807, 2.05) is 36.7 Å². The van der Waals surface area contributed by atoms with Crippen molar-refractivity contribution in [3.63, 3.8) is 0 Å². The third-order valence-electron chi connectivity index (χ3n) is 3.01. The summed E-state index contributed by atoms with van der Waals surface area (Å²) in [5, 5.41) is 4.55. The maximum absolute atomic E-state index is 6.12. The molecule has 0 saturated carbocycles. The summed E-state index contributed by atoms with van der Waals surface area (Å²) in [5.41, 5.74) is 8.82. The Morgan fingerprint density at radius 2 is 2.00 bits per heavy atom. The Kier molecular flexibility index (Phi) is 3.69. The Labute approximate surface area is 113 Å². The second-order valence-corrected chi connectivity index (χ2v) is 4.54. The predicted octanol–water partition coefficient (Wildman–Crippen LogP) is 1.44. The van der Waals surface area contributed by atoms with Crippen LogP contribution in [-0.2, 0) is 12.8 Å². The van der Waals surface area contributed by atoms with Gasteiger partial charge in [0.05, 0.1) is 17.1 Å². The van der Waals surface area contributed by atoms with Crippen molar-refractivity contribution >= 4 is 11.6 Å². The van der Waals surface area contributed by atoms with Gasteiger partial charge in [-0.15, -0.1) is 0 Å². The topological polar surface area (TPSA) is 72.9 Å². The molecule has 0 aliphatic heterocycles. The molecular formula is C13H20N6. The fraction of sp³-hybridized carbons (Fsp3) is 0.462. The molecule has 2 aromatic rings. The highest BCUT2D eigenvalue weighted by atomic mass is 15.3. The van der Waals surface area contributed by atoms with Crippen molar-refractivity contribution in [3.05, 3.63) is 23.7 Å². The third-order valence-corrected chi connectivity index (χ3v) is 3.01. The van der Waals surface area contributed by atoms with Crippen LogP contribution in [0.1, 0.15) is 25.2 Å². The van der Waals surface area contributed by atoms with Crippen molar-refractivity contribution in [2.75, 3.05) is 24.7 Å². The average molecular weight is 260 g/mol. The second-order valence-electron chi connectivity index (χ2n) is 4.54. The normalized spacial score (nSPS) is 10.7. The molecule has 0 aliphatic carbocycles. The molecule has 0 aliphatic rings. The van der Waals surface area contributed by atoms with E-state index in [1.165, 1.54) is 0 Å². The van der Waals surface area contributed by atoms with Crippen LogP contribution in [0.2, 0.25) is 0 Å². The number of rotatable bonds is 4. The van der Waals surface area contributed by atoms with E-state index in [4.69, 9.17) is 5.73 Å². The maximum atomic E-state index is 6.12. The molecule has 6 nitrogen and oxygen atoms in total. The van der Waals surface area contributed by atoms with E-state index in [0.29, 0.717) is 5.95 Å². The van der Waals surface area contributed by atoms with Crippen LogP contribution in [0, 0.1) is 0 Å². The van der Waals surface area contributed by atoms with Crippen molar-refractivity contribution in [2.24, 2.45) is 0 Å². The Bertz CT molecular complexity index is 573. The predicted molar refractivity (Wildman–Crippen MR) is 76.6 cm³/mol. The molecule has 0 atom stereocenters. The molecule has 6 heteroatoms. The number of hydrogen-bond acceptors (Lipinski definition) is 5. The monoisotopic (exact) mass is 260 g/mol. The summed E-state index contributed by atoms with van der Waals surface area (Å²) >= 11 is 0. The van der Waals surface area contributed by atoms with Crippen LogP contribution >= 0.6 is 0 Å². The molecule has 0 radical (unpaired) electrons. The number of nitrogens with zero attached hydrogens (tertiary/aromatic N) is 5. The van der Waals surface area contributed by atoms with E-state index < -0.39 is 0 Å². The highest BCUT2D eigenvalue weighted by Gasteiger charge is 2.15. The molecule has 102 valence electrons. The summed E-state index contributed by atoms with van der Waals surface area (Å²) in [6, 6.07) is 1.85. The van der Waals surface area contributed by atoms with E-state index in [0.717, 1.165) is 35.7 Å². The molecule has 0 saturated heterocycles. The summed E-state index contributed by atoms with van der Waals surface area (Å²) in [7, 11) is 3.82. The van der Waals surface area contributed by atoms with Crippen molar-refractivity contribution in [3.8, 4) is 5.82 Å². The lowest BCUT2D eigenvalue weighted by molar-refractivity contribution is 0.766. The van der Waals surface area contributed by atoms with Crippen LogP contribution in [0.4, 0.5) is 11.6 Å².